The van der Waals surface area contributed by atoms with Crippen LogP contribution in [0.15, 0.2) is 6.07 Å². The van der Waals surface area contributed by atoms with Gasteiger partial charge >= 0.3 is 6.18 Å². The fraction of sp³-hybridized carbons (Fsp3) is 0.583. The quantitative estimate of drug-likeness (QED) is 0.708. The number of rotatable bonds is 6. The van der Waals surface area contributed by atoms with Gasteiger partial charge in [-0.1, -0.05) is 0 Å². The lowest BCUT2D eigenvalue weighted by Gasteiger charge is -2.06. The van der Waals surface area contributed by atoms with Crippen molar-refractivity contribution in [3.05, 3.63) is 10.9 Å². The predicted molar refractivity (Wildman–Crippen MR) is 73.0 cm³/mol. The molecule has 0 unspecified atom stereocenters. The van der Waals surface area contributed by atoms with Crippen LogP contribution >= 0.6 is 11.3 Å². The van der Waals surface area contributed by atoms with Crippen LogP contribution in [0.25, 0.3) is 0 Å². The van der Waals surface area contributed by atoms with E-state index >= 15 is 0 Å². The Morgan fingerprint density at radius 3 is 2.75 bits per heavy atom. The molecular weight excluding hydrogens is 291 g/mol. The third-order valence-corrected chi connectivity index (χ3v) is 3.92. The number of anilines is 2. The molecule has 0 aromatic carbocycles. The van der Waals surface area contributed by atoms with Gasteiger partial charge in [-0.15, -0.1) is 11.3 Å². The van der Waals surface area contributed by atoms with Gasteiger partial charge in [0.15, 0.2) is 0 Å². The summed E-state index contributed by atoms with van der Waals surface area (Å²) in [5.41, 5.74) is 6.09. The first-order chi connectivity index (χ1) is 9.35. The molecule has 0 spiro atoms. The minimum absolute atomic E-state index is 0.00902. The zero-order chi connectivity index (χ0) is 14.8. The van der Waals surface area contributed by atoms with Crippen molar-refractivity contribution in [1.82, 2.24) is 5.32 Å². The summed E-state index contributed by atoms with van der Waals surface area (Å²) >= 11 is 1.17. The normalized spacial score (nSPS) is 15.2. The Balaban J connectivity index is 1.82. The van der Waals surface area contributed by atoms with Crippen LogP contribution in [0, 0.1) is 0 Å². The van der Waals surface area contributed by atoms with Gasteiger partial charge in [0.1, 0.15) is 4.88 Å². The number of nitrogen functional groups attached to an aromatic ring is 1. The molecule has 1 aromatic rings. The largest absolute Gasteiger partial charge is 0.397 e. The lowest BCUT2D eigenvalue weighted by molar-refractivity contribution is -0.134. The predicted octanol–water partition coefficient (Wildman–Crippen LogP) is 2.98. The van der Waals surface area contributed by atoms with E-state index in [0.717, 1.165) is 12.8 Å². The van der Waals surface area contributed by atoms with Crippen LogP contribution in [-0.4, -0.2) is 24.7 Å². The van der Waals surface area contributed by atoms with Crippen molar-refractivity contribution in [2.45, 2.75) is 37.9 Å². The van der Waals surface area contributed by atoms with E-state index in [1.807, 2.05) is 0 Å². The van der Waals surface area contributed by atoms with E-state index in [4.69, 9.17) is 5.73 Å². The molecular formula is C12H16F3N3OS. The number of alkyl halides is 3. The number of nitrogens with two attached hydrogens (primary N) is 1. The summed E-state index contributed by atoms with van der Waals surface area (Å²) in [5.74, 6) is -0.210. The van der Waals surface area contributed by atoms with E-state index in [1.165, 1.54) is 11.3 Å². The Bertz CT molecular complexity index is 483. The molecule has 1 aliphatic carbocycles. The number of carbonyl (C=O) groups is 1. The van der Waals surface area contributed by atoms with Crippen molar-refractivity contribution in [1.29, 1.82) is 0 Å². The lowest BCUT2D eigenvalue weighted by Crippen LogP contribution is -2.25. The van der Waals surface area contributed by atoms with E-state index < -0.39 is 12.6 Å². The van der Waals surface area contributed by atoms with E-state index in [-0.39, 0.29) is 24.9 Å². The highest BCUT2D eigenvalue weighted by Gasteiger charge is 2.27. The molecule has 0 aliphatic heterocycles. The third-order valence-electron chi connectivity index (χ3n) is 2.82. The van der Waals surface area contributed by atoms with Gasteiger partial charge in [-0.25, -0.2) is 0 Å². The molecule has 112 valence electrons. The van der Waals surface area contributed by atoms with Gasteiger partial charge in [-0.3, -0.25) is 4.79 Å². The van der Waals surface area contributed by atoms with Crippen LogP contribution in [-0.2, 0) is 0 Å². The van der Waals surface area contributed by atoms with Crippen molar-refractivity contribution in [3.8, 4) is 0 Å². The van der Waals surface area contributed by atoms with Crippen LogP contribution < -0.4 is 16.4 Å². The van der Waals surface area contributed by atoms with E-state index in [1.54, 1.807) is 6.07 Å². The standard InChI is InChI=1S/C12H16F3N3OS/c13-12(14,15)4-1-5-17-9-6-8(16)10(20-9)11(19)18-7-2-3-7/h6-7,17H,1-5,16H2,(H,18,19). The highest BCUT2D eigenvalue weighted by atomic mass is 32.1. The number of amides is 1. The smallest absolute Gasteiger partial charge is 0.389 e. The van der Waals surface area contributed by atoms with Crippen LogP contribution in [0.1, 0.15) is 35.4 Å². The summed E-state index contributed by atoms with van der Waals surface area (Å²) in [5, 5.41) is 6.30. The summed E-state index contributed by atoms with van der Waals surface area (Å²) in [4.78, 5) is 12.2. The average molecular weight is 307 g/mol. The first-order valence-corrected chi connectivity index (χ1v) is 7.17. The molecule has 4 nitrogen and oxygen atoms in total. The van der Waals surface area contributed by atoms with Gasteiger partial charge in [0.25, 0.3) is 5.91 Å². The molecule has 0 saturated heterocycles. The second kappa shape index (κ2) is 5.90. The van der Waals surface area contributed by atoms with Crippen LogP contribution in [0.3, 0.4) is 0 Å². The maximum Gasteiger partial charge on any atom is 0.389 e. The van der Waals surface area contributed by atoms with Crippen molar-refractivity contribution >= 4 is 27.9 Å². The first kappa shape index (κ1) is 15.0. The first-order valence-electron chi connectivity index (χ1n) is 6.36. The molecule has 4 N–H and O–H groups in total. The molecule has 1 aromatic heterocycles. The minimum atomic E-state index is -4.13. The number of hydrogen-bond donors (Lipinski definition) is 3. The topological polar surface area (TPSA) is 67.1 Å². The zero-order valence-corrected chi connectivity index (χ0v) is 11.5. The SMILES string of the molecule is Nc1cc(NCCCC(F)(F)F)sc1C(=O)NC1CC1. The molecule has 1 heterocycles. The molecule has 1 amide bonds. The Hall–Kier alpha value is -1.44. The Morgan fingerprint density at radius 1 is 1.45 bits per heavy atom. The van der Waals surface area contributed by atoms with Gasteiger partial charge in [0, 0.05) is 19.0 Å². The van der Waals surface area contributed by atoms with E-state index in [0.29, 0.717) is 15.6 Å². The van der Waals surface area contributed by atoms with Gasteiger partial charge in [0.2, 0.25) is 0 Å². The fourth-order valence-electron chi connectivity index (χ4n) is 1.65. The summed E-state index contributed by atoms with van der Waals surface area (Å²) in [6.07, 6.45) is -2.99. The summed E-state index contributed by atoms with van der Waals surface area (Å²) in [7, 11) is 0. The number of carbonyl (C=O) groups excluding carboxylic acids is 1. The van der Waals surface area contributed by atoms with Crippen LogP contribution in [0.2, 0.25) is 0 Å². The third kappa shape index (κ3) is 4.59. The number of nitrogens with one attached hydrogen (secondary N) is 2. The Morgan fingerprint density at radius 2 is 2.15 bits per heavy atom. The van der Waals surface area contributed by atoms with Crippen LogP contribution in [0.5, 0.6) is 0 Å². The molecule has 20 heavy (non-hydrogen) atoms. The van der Waals surface area contributed by atoms with Crippen molar-refractivity contribution in [2.75, 3.05) is 17.6 Å². The average Bonchev–Trinajstić information content (AvgIpc) is 3.05. The fourth-order valence-corrected chi connectivity index (χ4v) is 2.56. The molecule has 1 fully saturated rings. The Labute approximate surface area is 118 Å². The number of thiophene rings is 1. The molecule has 1 aliphatic rings. The number of hydrogen-bond acceptors (Lipinski definition) is 4. The lowest BCUT2D eigenvalue weighted by atomic mass is 10.3. The van der Waals surface area contributed by atoms with Gasteiger partial charge in [-0.2, -0.15) is 13.2 Å². The van der Waals surface area contributed by atoms with Gasteiger partial charge in [0.05, 0.1) is 10.7 Å². The van der Waals surface area contributed by atoms with E-state index in [2.05, 4.69) is 10.6 Å². The van der Waals surface area contributed by atoms with Gasteiger partial charge < -0.3 is 16.4 Å². The second-order valence-electron chi connectivity index (χ2n) is 4.79. The highest BCUT2D eigenvalue weighted by molar-refractivity contribution is 7.18. The maximum atomic E-state index is 12.0. The molecule has 0 atom stereocenters. The van der Waals surface area contributed by atoms with Crippen molar-refractivity contribution in [2.24, 2.45) is 0 Å². The highest BCUT2D eigenvalue weighted by Crippen LogP contribution is 2.30. The van der Waals surface area contributed by atoms with E-state index in [9.17, 15) is 18.0 Å². The van der Waals surface area contributed by atoms with Crippen molar-refractivity contribution in [3.63, 3.8) is 0 Å². The molecule has 0 radical (unpaired) electrons. The molecule has 8 heteroatoms. The molecule has 0 bridgehead atoms. The second-order valence-corrected chi connectivity index (χ2v) is 5.84. The number of halogens is 3. The summed E-state index contributed by atoms with van der Waals surface area (Å²) in [6.45, 7) is 0.198. The minimum Gasteiger partial charge on any atom is -0.397 e. The molecule has 2 rings (SSSR count). The monoisotopic (exact) mass is 307 g/mol. The van der Waals surface area contributed by atoms with Crippen LogP contribution in [0.4, 0.5) is 23.9 Å². The zero-order valence-electron chi connectivity index (χ0n) is 10.7. The summed E-state index contributed by atoms with van der Waals surface area (Å²) < 4.78 is 36.0. The van der Waals surface area contributed by atoms with Gasteiger partial charge in [-0.05, 0) is 25.3 Å². The van der Waals surface area contributed by atoms with Crippen molar-refractivity contribution < 1.29 is 18.0 Å². The maximum absolute atomic E-state index is 12.0. The summed E-state index contributed by atoms with van der Waals surface area (Å²) in [6, 6.07) is 1.83. The Kier molecular flexibility index (Phi) is 4.42. The molecule has 1 saturated carbocycles.